The second-order valence-electron chi connectivity index (χ2n) is 8.05. The molecule has 3 aliphatic heterocycles. The van der Waals surface area contributed by atoms with Gasteiger partial charge in [0.2, 0.25) is 0 Å². The Bertz CT molecular complexity index is 643. The third-order valence-electron chi connectivity index (χ3n) is 5.86. The third-order valence-corrected chi connectivity index (χ3v) is 5.86. The van der Waals surface area contributed by atoms with Crippen LogP contribution in [0, 0.1) is 0 Å². The van der Waals surface area contributed by atoms with Crippen LogP contribution in [0.4, 0.5) is 5.82 Å². The van der Waals surface area contributed by atoms with Gasteiger partial charge >= 0.3 is 0 Å². The molecule has 3 saturated heterocycles. The predicted octanol–water partition coefficient (Wildman–Crippen LogP) is 1.24. The summed E-state index contributed by atoms with van der Waals surface area (Å²) in [6.45, 7) is 11.8. The molecule has 0 aromatic carbocycles. The van der Waals surface area contributed by atoms with E-state index in [0.29, 0.717) is 11.6 Å². The summed E-state index contributed by atoms with van der Waals surface area (Å²) in [4.78, 5) is 24.2. The van der Waals surface area contributed by atoms with Gasteiger partial charge in [0.15, 0.2) is 0 Å². The first-order chi connectivity index (χ1) is 13.1. The van der Waals surface area contributed by atoms with Crippen LogP contribution in [0.15, 0.2) is 18.3 Å². The Hall–Kier alpha value is -1.41. The molecule has 0 radical (unpaired) electrons. The molecule has 3 aliphatic rings. The van der Waals surface area contributed by atoms with Gasteiger partial charge in [-0.3, -0.25) is 9.69 Å². The zero-order chi connectivity index (χ0) is 18.8. The molecule has 1 amide bonds. The molecule has 0 bridgehead atoms. The van der Waals surface area contributed by atoms with Gasteiger partial charge in [-0.1, -0.05) is 0 Å². The van der Waals surface area contributed by atoms with Crippen molar-refractivity contribution in [2.45, 2.75) is 38.5 Å². The quantitative estimate of drug-likeness (QED) is 0.810. The van der Waals surface area contributed by atoms with Gasteiger partial charge in [-0.25, -0.2) is 4.98 Å². The molecule has 156 valence electrons. The van der Waals surface area contributed by atoms with Crippen LogP contribution in [0.2, 0.25) is 0 Å². The standard InChI is InChI=1S/C20H31N5O2.ClH/c1-15-12-25(13-16(2)27-15)19-4-3-17(11-22-19)20(26)24-8-5-18(14-24)23-9-6-21-7-10-23;/h3-4,11,15-16,18,21H,5-10,12-14H2,1-2H3;1H. The number of nitrogens with zero attached hydrogens (tertiary/aromatic N) is 4. The van der Waals surface area contributed by atoms with E-state index in [1.807, 2.05) is 17.0 Å². The van der Waals surface area contributed by atoms with Crippen molar-refractivity contribution in [3.05, 3.63) is 23.9 Å². The first kappa shape index (κ1) is 21.3. The Morgan fingerprint density at radius 3 is 2.46 bits per heavy atom. The Morgan fingerprint density at radius 2 is 1.82 bits per heavy atom. The first-order valence-corrected chi connectivity index (χ1v) is 10.2. The second-order valence-corrected chi connectivity index (χ2v) is 8.05. The van der Waals surface area contributed by atoms with E-state index >= 15 is 0 Å². The lowest BCUT2D eigenvalue weighted by Crippen LogP contribution is -2.49. The summed E-state index contributed by atoms with van der Waals surface area (Å²) in [5, 5.41) is 3.39. The highest BCUT2D eigenvalue weighted by molar-refractivity contribution is 5.94. The normalized spacial score (nSPS) is 28.9. The number of pyridine rings is 1. The van der Waals surface area contributed by atoms with Gasteiger partial charge in [-0.15, -0.1) is 12.4 Å². The topological polar surface area (TPSA) is 60.9 Å². The molecule has 3 unspecified atom stereocenters. The molecule has 1 aromatic rings. The largest absolute Gasteiger partial charge is 0.372 e. The van der Waals surface area contributed by atoms with Crippen molar-refractivity contribution in [3.63, 3.8) is 0 Å². The van der Waals surface area contributed by atoms with Crippen LogP contribution in [0.25, 0.3) is 0 Å². The highest BCUT2D eigenvalue weighted by atomic mass is 35.5. The van der Waals surface area contributed by atoms with E-state index in [4.69, 9.17) is 4.74 Å². The summed E-state index contributed by atoms with van der Waals surface area (Å²) in [5.74, 6) is 1.03. The number of rotatable bonds is 3. The van der Waals surface area contributed by atoms with E-state index in [2.05, 4.69) is 33.9 Å². The molecule has 4 rings (SSSR count). The smallest absolute Gasteiger partial charge is 0.255 e. The second kappa shape index (κ2) is 9.39. The number of aromatic nitrogens is 1. The Labute approximate surface area is 173 Å². The summed E-state index contributed by atoms with van der Waals surface area (Å²) in [5.41, 5.74) is 0.689. The number of amides is 1. The minimum absolute atomic E-state index is 0. The molecule has 1 aromatic heterocycles. The minimum atomic E-state index is 0. The van der Waals surface area contributed by atoms with E-state index < -0.39 is 0 Å². The first-order valence-electron chi connectivity index (χ1n) is 10.2. The van der Waals surface area contributed by atoms with Crippen molar-refractivity contribution >= 4 is 24.1 Å². The molecular formula is C20H32ClN5O2. The fraction of sp³-hybridized carbons (Fsp3) is 0.700. The van der Waals surface area contributed by atoms with Crippen molar-refractivity contribution in [3.8, 4) is 0 Å². The molecule has 28 heavy (non-hydrogen) atoms. The molecule has 3 atom stereocenters. The van der Waals surface area contributed by atoms with Gasteiger partial charge in [0.05, 0.1) is 17.8 Å². The Balaban J connectivity index is 0.00000225. The fourth-order valence-electron chi connectivity index (χ4n) is 4.52. The number of anilines is 1. The SMILES string of the molecule is CC1CN(c2ccc(C(=O)N3CCC(N4CCNCC4)C3)cn2)CC(C)O1.Cl. The van der Waals surface area contributed by atoms with Crippen LogP contribution in [0.5, 0.6) is 0 Å². The number of piperazine rings is 1. The third kappa shape index (κ3) is 4.76. The number of morpholine rings is 1. The van der Waals surface area contributed by atoms with Crippen molar-refractivity contribution < 1.29 is 9.53 Å². The minimum Gasteiger partial charge on any atom is -0.372 e. The number of hydrogen-bond donors (Lipinski definition) is 1. The van der Waals surface area contributed by atoms with Crippen LogP contribution in [-0.4, -0.2) is 91.3 Å². The average Bonchev–Trinajstić information content (AvgIpc) is 3.18. The number of ether oxygens (including phenoxy) is 1. The highest BCUT2D eigenvalue weighted by Gasteiger charge is 2.31. The van der Waals surface area contributed by atoms with Crippen LogP contribution in [0.3, 0.4) is 0 Å². The zero-order valence-electron chi connectivity index (χ0n) is 16.8. The van der Waals surface area contributed by atoms with Gasteiger partial charge < -0.3 is 19.9 Å². The Morgan fingerprint density at radius 1 is 1.11 bits per heavy atom. The molecule has 0 saturated carbocycles. The maximum atomic E-state index is 12.9. The molecule has 7 nitrogen and oxygen atoms in total. The van der Waals surface area contributed by atoms with E-state index in [9.17, 15) is 4.79 Å². The van der Waals surface area contributed by atoms with Gasteiger partial charge in [-0.2, -0.15) is 0 Å². The highest BCUT2D eigenvalue weighted by Crippen LogP contribution is 2.21. The summed E-state index contributed by atoms with van der Waals surface area (Å²) in [7, 11) is 0. The van der Waals surface area contributed by atoms with Gasteiger partial charge in [0, 0.05) is 64.6 Å². The van der Waals surface area contributed by atoms with Crippen molar-refractivity contribution in [2.75, 3.05) is 57.3 Å². The summed E-state index contributed by atoms with van der Waals surface area (Å²) < 4.78 is 5.79. The summed E-state index contributed by atoms with van der Waals surface area (Å²) in [6.07, 6.45) is 3.20. The van der Waals surface area contributed by atoms with Crippen LogP contribution in [0.1, 0.15) is 30.6 Å². The lowest BCUT2D eigenvalue weighted by molar-refractivity contribution is -0.00546. The monoisotopic (exact) mass is 409 g/mol. The molecular weight excluding hydrogens is 378 g/mol. The van der Waals surface area contributed by atoms with Crippen molar-refractivity contribution in [1.29, 1.82) is 0 Å². The average molecular weight is 410 g/mol. The van der Waals surface area contributed by atoms with Crippen LogP contribution in [-0.2, 0) is 4.74 Å². The van der Waals surface area contributed by atoms with E-state index in [1.165, 1.54) is 0 Å². The zero-order valence-corrected chi connectivity index (χ0v) is 17.7. The lowest BCUT2D eigenvalue weighted by Gasteiger charge is -2.36. The van der Waals surface area contributed by atoms with E-state index in [-0.39, 0.29) is 30.5 Å². The molecule has 8 heteroatoms. The number of hydrogen-bond acceptors (Lipinski definition) is 6. The van der Waals surface area contributed by atoms with E-state index in [0.717, 1.165) is 64.6 Å². The number of halogens is 1. The fourth-order valence-corrected chi connectivity index (χ4v) is 4.52. The summed E-state index contributed by atoms with van der Waals surface area (Å²) >= 11 is 0. The molecule has 0 aliphatic carbocycles. The lowest BCUT2D eigenvalue weighted by atomic mass is 10.2. The Kier molecular flexibility index (Phi) is 7.15. The van der Waals surface area contributed by atoms with Crippen molar-refractivity contribution in [2.24, 2.45) is 0 Å². The predicted molar refractivity (Wildman–Crippen MR) is 112 cm³/mol. The number of likely N-dealkylation sites (tertiary alicyclic amines) is 1. The van der Waals surface area contributed by atoms with Gasteiger partial charge in [0.1, 0.15) is 5.82 Å². The molecule has 4 heterocycles. The van der Waals surface area contributed by atoms with Crippen molar-refractivity contribution in [1.82, 2.24) is 20.1 Å². The number of carbonyl (C=O) groups is 1. The molecule has 1 N–H and O–H groups in total. The molecule has 0 spiro atoms. The maximum absolute atomic E-state index is 12.9. The maximum Gasteiger partial charge on any atom is 0.255 e. The van der Waals surface area contributed by atoms with Crippen LogP contribution >= 0.6 is 12.4 Å². The van der Waals surface area contributed by atoms with E-state index in [1.54, 1.807) is 6.20 Å². The number of nitrogens with one attached hydrogen (secondary N) is 1. The summed E-state index contributed by atoms with van der Waals surface area (Å²) in [6, 6.07) is 4.40. The van der Waals surface area contributed by atoms with Crippen LogP contribution < -0.4 is 10.2 Å². The van der Waals surface area contributed by atoms with Gasteiger partial charge in [0.25, 0.3) is 5.91 Å². The molecule has 3 fully saturated rings. The number of carbonyl (C=O) groups excluding carboxylic acids is 1. The van der Waals surface area contributed by atoms with Gasteiger partial charge in [-0.05, 0) is 32.4 Å².